The van der Waals surface area contributed by atoms with Gasteiger partial charge in [0, 0.05) is 5.39 Å². The molecule has 0 atom stereocenters. The second kappa shape index (κ2) is 4.48. The molecule has 5 nitrogen and oxygen atoms in total. The van der Waals surface area contributed by atoms with Crippen LogP contribution in [0.2, 0.25) is 0 Å². The van der Waals surface area contributed by atoms with Crippen LogP contribution in [0.25, 0.3) is 10.8 Å². The molecule has 0 bridgehead atoms. The lowest BCUT2D eigenvalue weighted by Crippen LogP contribution is -2.06. The molecule has 0 aromatic heterocycles. The predicted molar refractivity (Wildman–Crippen MR) is 61.1 cm³/mol. The van der Waals surface area contributed by atoms with Crippen LogP contribution in [0, 0.1) is 0 Å². The van der Waals surface area contributed by atoms with Gasteiger partial charge in [0.05, 0.1) is 0 Å². The molecule has 0 aliphatic heterocycles. The summed E-state index contributed by atoms with van der Waals surface area (Å²) in [6.07, 6.45) is 0. The Morgan fingerprint density at radius 3 is 2.31 bits per heavy atom. The van der Waals surface area contributed by atoms with Crippen LogP contribution in [0.3, 0.4) is 0 Å². The lowest BCUT2D eigenvalue weighted by Gasteiger charge is -2.04. The zero-order valence-corrected chi connectivity index (χ0v) is 9.15. The minimum Gasteiger partial charge on any atom is -0.361 e. The van der Waals surface area contributed by atoms with Gasteiger partial charge in [0.15, 0.2) is 5.75 Å². The number of fused-ring (bicyclic) bond motifs is 1. The number of benzene rings is 2. The molecule has 2 aromatic rings. The van der Waals surface area contributed by atoms with E-state index in [-0.39, 0.29) is 11.9 Å². The van der Waals surface area contributed by atoms with E-state index < -0.39 is 10.4 Å². The zero-order chi connectivity index (χ0) is 10.9. The lowest BCUT2D eigenvalue weighted by molar-refractivity contribution is 0.388. The fraction of sp³-hybridized carbons (Fsp3) is 0. The Kier molecular flexibility index (Phi) is 3.48. The van der Waals surface area contributed by atoms with Gasteiger partial charge >= 0.3 is 10.4 Å². The van der Waals surface area contributed by atoms with Crippen molar-refractivity contribution in [3.8, 4) is 5.75 Å². The molecule has 0 saturated heterocycles. The quantitative estimate of drug-likeness (QED) is 0.785. The highest BCUT2D eigenvalue weighted by Gasteiger charge is 2.09. The van der Waals surface area contributed by atoms with Gasteiger partial charge in [-0.1, -0.05) is 36.4 Å². The van der Waals surface area contributed by atoms with Crippen molar-refractivity contribution in [2.75, 3.05) is 0 Å². The molecule has 16 heavy (non-hydrogen) atoms. The van der Waals surface area contributed by atoms with Crippen molar-refractivity contribution in [2.24, 2.45) is 0 Å². The van der Waals surface area contributed by atoms with Crippen molar-refractivity contribution in [3.63, 3.8) is 0 Å². The first-order chi connectivity index (χ1) is 7.06. The number of hydrogen-bond donors (Lipinski definition) is 2. The Hall–Kier alpha value is -1.63. The van der Waals surface area contributed by atoms with Gasteiger partial charge in [-0.3, -0.25) is 4.55 Å². The van der Waals surface area contributed by atoms with Crippen molar-refractivity contribution in [1.29, 1.82) is 0 Å². The Labute approximate surface area is 93.2 Å². The first-order valence-electron chi connectivity index (χ1n) is 4.21. The molecule has 2 aromatic carbocycles. The van der Waals surface area contributed by atoms with E-state index in [4.69, 9.17) is 4.55 Å². The zero-order valence-electron chi connectivity index (χ0n) is 8.33. The van der Waals surface area contributed by atoms with E-state index >= 15 is 0 Å². The molecule has 0 amide bonds. The van der Waals surface area contributed by atoms with E-state index in [0.717, 1.165) is 5.39 Å². The molecule has 6 heteroatoms. The van der Waals surface area contributed by atoms with Crippen LogP contribution in [0.1, 0.15) is 0 Å². The van der Waals surface area contributed by atoms with Crippen LogP contribution >= 0.6 is 0 Å². The van der Waals surface area contributed by atoms with Crippen molar-refractivity contribution in [1.82, 2.24) is 6.15 Å². The summed E-state index contributed by atoms with van der Waals surface area (Å²) in [5, 5.41) is 1.48. The third-order valence-corrected chi connectivity index (χ3v) is 2.33. The first kappa shape index (κ1) is 12.4. The third-order valence-electron chi connectivity index (χ3n) is 1.94. The van der Waals surface area contributed by atoms with Gasteiger partial charge < -0.3 is 10.3 Å². The molecule has 0 unspecified atom stereocenters. The Bertz CT molecular complexity index is 589. The highest BCUT2D eigenvalue weighted by Crippen LogP contribution is 2.25. The van der Waals surface area contributed by atoms with Crippen molar-refractivity contribution in [3.05, 3.63) is 42.5 Å². The van der Waals surface area contributed by atoms with Crippen molar-refractivity contribution >= 4 is 21.2 Å². The van der Waals surface area contributed by atoms with Crippen LogP contribution in [0.4, 0.5) is 0 Å². The minimum atomic E-state index is -4.47. The average molecular weight is 241 g/mol. The normalized spacial score (nSPS) is 10.8. The molecule has 0 fully saturated rings. The fourth-order valence-electron chi connectivity index (χ4n) is 1.38. The molecule has 86 valence electrons. The Morgan fingerprint density at radius 1 is 1.00 bits per heavy atom. The van der Waals surface area contributed by atoms with E-state index in [9.17, 15) is 8.42 Å². The summed E-state index contributed by atoms with van der Waals surface area (Å²) in [4.78, 5) is 0. The van der Waals surface area contributed by atoms with Gasteiger partial charge in [0.1, 0.15) is 0 Å². The molecule has 0 aliphatic carbocycles. The maximum Gasteiger partial charge on any atom is 0.446 e. The highest BCUT2D eigenvalue weighted by atomic mass is 32.3. The minimum absolute atomic E-state index is 0. The van der Waals surface area contributed by atoms with E-state index in [2.05, 4.69) is 4.18 Å². The summed E-state index contributed by atoms with van der Waals surface area (Å²) in [5.74, 6) is 0.121. The molecule has 0 saturated carbocycles. The molecule has 2 rings (SSSR count). The SMILES string of the molecule is N.O=S(=O)(O)Oc1cccc2ccccc12. The molecular formula is C10H11NO4S. The van der Waals surface area contributed by atoms with Gasteiger partial charge in [-0.25, -0.2) is 0 Å². The first-order valence-corrected chi connectivity index (χ1v) is 5.57. The molecule has 0 spiro atoms. The molecule has 0 aliphatic rings. The summed E-state index contributed by atoms with van der Waals surface area (Å²) < 4.78 is 34.2. The monoisotopic (exact) mass is 241 g/mol. The smallest absolute Gasteiger partial charge is 0.361 e. The van der Waals surface area contributed by atoms with Crippen LogP contribution in [0.15, 0.2) is 42.5 Å². The summed E-state index contributed by atoms with van der Waals surface area (Å²) in [5.41, 5.74) is 0. The topological polar surface area (TPSA) is 98.6 Å². The van der Waals surface area contributed by atoms with E-state index in [1.165, 1.54) is 6.07 Å². The molecule has 4 N–H and O–H groups in total. The van der Waals surface area contributed by atoms with E-state index in [1.54, 1.807) is 18.2 Å². The van der Waals surface area contributed by atoms with Gasteiger partial charge in [0.25, 0.3) is 0 Å². The van der Waals surface area contributed by atoms with Gasteiger partial charge in [-0.2, -0.15) is 8.42 Å². The standard InChI is InChI=1S/C10H8O4S.H3N/c11-15(12,13)14-10-7-3-5-8-4-1-2-6-9(8)10;/h1-7H,(H,11,12,13);1H3. The van der Waals surface area contributed by atoms with Gasteiger partial charge in [-0.05, 0) is 11.5 Å². The predicted octanol–water partition coefficient (Wildman–Crippen LogP) is 2.18. The van der Waals surface area contributed by atoms with Crippen LogP contribution in [-0.2, 0) is 10.4 Å². The van der Waals surface area contributed by atoms with Crippen molar-refractivity contribution in [2.45, 2.75) is 0 Å². The summed E-state index contributed by atoms with van der Waals surface area (Å²) in [7, 11) is -4.47. The second-order valence-electron chi connectivity index (χ2n) is 2.99. The van der Waals surface area contributed by atoms with E-state index in [0.29, 0.717) is 5.39 Å². The third kappa shape index (κ3) is 2.69. The maximum atomic E-state index is 10.6. The maximum absolute atomic E-state index is 10.6. The molecule has 0 heterocycles. The second-order valence-corrected chi connectivity index (χ2v) is 4.01. The van der Waals surface area contributed by atoms with Crippen molar-refractivity contribution < 1.29 is 17.2 Å². The summed E-state index contributed by atoms with van der Waals surface area (Å²) >= 11 is 0. The van der Waals surface area contributed by atoms with Crippen LogP contribution < -0.4 is 10.3 Å². The summed E-state index contributed by atoms with van der Waals surface area (Å²) in [6.45, 7) is 0. The molecule has 0 radical (unpaired) electrons. The molecular weight excluding hydrogens is 230 g/mol. The largest absolute Gasteiger partial charge is 0.446 e. The fourth-order valence-corrected chi connectivity index (χ4v) is 1.75. The number of hydrogen-bond acceptors (Lipinski definition) is 4. The average Bonchev–Trinajstić information content (AvgIpc) is 2.16. The van der Waals surface area contributed by atoms with Crippen LogP contribution in [-0.4, -0.2) is 13.0 Å². The van der Waals surface area contributed by atoms with E-state index in [1.807, 2.05) is 18.2 Å². The highest BCUT2D eigenvalue weighted by molar-refractivity contribution is 7.81. The lowest BCUT2D eigenvalue weighted by atomic mass is 10.1. The van der Waals surface area contributed by atoms with Gasteiger partial charge in [0.2, 0.25) is 0 Å². The summed E-state index contributed by atoms with van der Waals surface area (Å²) in [6, 6.07) is 12.1. The van der Waals surface area contributed by atoms with Crippen LogP contribution in [0.5, 0.6) is 5.75 Å². The Balaban J connectivity index is 0.00000128. The number of rotatable bonds is 2. The Morgan fingerprint density at radius 2 is 1.62 bits per heavy atom. The van der Waals surface area contributed by atoms with Gasteiger partial charge in [-0.15, -0.1) is 0 Å².